The minimum Gasteiger partial charge on any atom is -0.319 e. The molecule has 1 N–H and O–H groups in total. The molecule has 3 unspecified atom stereocenters. The highest BCUT2D eigenvalue weighted by Crippen LogP contribution is 2.30. The Labute approximate surface area is 124 Å². The van der Waals surface area contributed by atoms with Crippen LogP contribution in [-0.4, -0.2) is 22.9 Å². The van der Waals surface area contributed by atoms with Crippen molar-refractivity contribution >= 4 is 5.91 Å². The van der Waals surface area contributed by atoms with Crippen molar-refractivity contribution in [3.8, 4) is 0 Å². The minimum absolute atomic E-state index is 0.0425. The summed E-state index contributed by atoms with van der Waals surface area (Å²) in [5.74, 6) is -1.71. The lowest BCUT2D eigenvalue weighted by molar-refractivity contribution is -0.132. The molecule has 1 saturated heterocycles. The van der Waals surface area contributed by atoms with Crippen LogP contribution in [0, 0.1) is 11.6 Å². The number of nitrogens with zero attached hydrogens (tertiary/aromatic N) is 1. The third-order valence-corrected chi connectivity index (χ3v) is 4.09. The van der Waals surface area contributed by atoms with E-state index in [1.54, 1.807) is 4.90 Å². The molecular formula is C16H22F2N2O. The number of carbonyl (C=O) groups excluding carboxylic acids is 1. The zero-order valence-electron chi connectivity index (χ0n) is 12.7. The number of nitrogens with one attached hydrogen (secondary N) is 1. The summed E-state index contributed by atoms with van der Waals surface area (Å²) in [7, 11) is 0. The molecule has 2 rings (SSSR count). The predicted molar refractivity (Wildman–Crippen MR) is 77.5 cm³/mol. The summed E-state index contributed by atoms with van der Waals surface area (Å²) in [5.41, 5.74) is 0.584. The van der Waals surface area contributed by atoms with Crippen LogP contribution >= 0.6 is 0 Å². The first-order chi connectivity index (χ1) is 9.99. The van der Waals surface area contributed by atoms with Crippen molar-refractivity contribution in [2.24, 2.45) is 0 Å². The van der Waals surface area contributed by atoms with Crippen LogP contribution < -0.4 is 5.32 Å². The van der Waals surface area contributed by atoms with Gasteiger partial charge < -0.3 is 4.90 Å². The van der Waals surface area contributed by atoms with E-state index >= 15 is 0 Å². The lowest BCUT2D eigenvalue weighted by Gasteiger charge is -2.30. The zero-order valence-corrected chi connectivity index (χ0v) is 12.7. The molecule has 0 radical (unpaired) electrons. The van der Waals surface area contributed by atoms with Gasteiger partial charge in [-0.25, -0.2) is 8.78 Å². The maximum absolute atomic E-state index is 13.5. The van der Waals surface area contributed by atoms with Crippen LogP contribution in [0.4, 0.5) is 8.78 Å². The van der Waals surface area contributed by atoms with Gasteiger partial charge in [-0.05, 0) is 37.5 Å². The Kier molecular flexibility index (Phi) is 4.93. The molecule has 1 amide bonds. The van der Waals surface area contributed by atoms with Gasteiger partial charge in [0.2, 0.25) is 5.91 Å². The van der Waals surface area contributed by atoms with Crippen LogP contribution in [0.5, 0.6) is 0 Å². The summed E-state index contributed by atoms with van der Waals surface area (Å²) in [5, 5.41) is 3.26. The second kappa shape index (κ2) is 6.52. The molecule has 0 aliphatic carbocycles. The molecule has 1 heterocycles. The molecule has 21 heavy (non-hydrogen) atoms. The molecule has 0 bridgehead atoms. The number of hydrogen-bond acceptors (Lipinski definition) is 2. The van der Waals surface area contributed by atoms with E-state index in [0.717, 1.165) is 25.3 Å². The first kappa shape index (κ1) is 15.9. The highest BCUT2D eigenvalue weighted by atomic mass is 19.2. The molecular weight excluding hydrogens is 274 g/mol. The van der Waals surface area contributed by atoms with Crippen LogP contribution in [0.3, 0.4) is 0 Å². The Morgan fingerprint density at radius 1 is 1.29 bits per heavy atom. The standard InChI is InChI=1S/C16H22F2N2O/c1-4-6-14-16(21)20(10(3)5-2)15(19-14)11-7-8-12(17)13(18)9-11/h7-10,14-15,19H,4-6H2,1-3H3. The summed E-state index contributed by atoms with van der Waals surface area (Å²) in [6.07, 6.45) is 2.06. The number of benzene rings is 1. The van der Waals surface area contributed by atoms with Crippen molar-refractivity contribution < 1.29 is 13.6 Å². The van der Waals surface area contributed by atoms with E-state index in [4.69, 9.17) is 0 Å². The Hall–Kier alpha value is -1.49. The van der Waals surface area contributed by atoms with Crippen LogP contribution in [-0.2, 0) is 4.79 Å². The van der Waals surface area contributed by atoms with Crippen LogP contribution in [0.15, 0.2) is 18.2 Å². The number of amides is 1. The zero-order chi connectivity index (χ0) is 15.6. The van der Waals surface area contributed by atoms with Crippen LogP contribution in [0.25, 0.3) is 0 Å². The first-order valence-corrected chi connectivity index (χ1v) is 7.52. The fourth-order valence-corrected chi connectivity index (χ4v) is 2.75. The van der Waals surface area contributed by atoms with Crippen LogP contribution in [0.2, 0.25) is 0 Å². The molecule has 3 atom stereocenters. The van der Waals surface area contributed by atoms with Gasteiger partial charge in [0.1, 0.15) is 6.17 Å². The van der Waals surface area contributed by atoms with E-state index in [1.165, 1.54) is 12.1 Å². The monoisotopic (exact) mass is 296 g/mol. The van der Waals surface area contributed by atoms with E-state index in [0.29, 0.717) is 5.56 Å². The summed E-state index contributed by atoms with van der Waals surface area (Å²) in [6.45, 7) is 6.00. The molecule has 0 aromatic heterocycles. The Balaban J connectivity index is 2.34. The average Bonchev–Trinajstić information content (AvgIpc) is 2.79. The summed E-state index contributed by atoms with van der Waals surface area (Å²) in [6, 6.07) is 3.61. The highest BCUT2D eigenvalue weighted by molar-refractivity contribution is 5.84. The highest BCUT2D eigenvalue weighted by Gasteiger charge is 2.41. The van der Waals surface area contributed by atoms with Gasteiger partial charge in [0.05, 0.1) is 6.04 Å². The number of carbonyl (C=O) groups is 1. The molecule has 116 valence electrons. The summed E-state index contributed by atoms with van der Waals surface area (Å²) in [4.78, 5) is 14.3. The van der Waals surface area contributed by atoms with Crippen LogP contribution in [0.1, 0.15) is 51.8 Å². The molecule has 1 aliphatic rings. The first-order valence-electron chi connectivity index (χ1n) is 7.52. The maximum Gasteiger partial charge on any atom is 0.241 e. The van der Waals surface area contributed by atoms with Gasteiger partial charge in [-0.2, -0.15) is 0 Å². The largest absolute Gasteiger partial charge is 0.319 e. The number of halogens is 2. The van der Waals surface area contributed by atoms with Gasteiger partial charge in [0.25, 0.3) is 0 Å². The summed E-state index contributed by atoms with van der Waals surface area (Å²) < 4.78 is 26.6. The minimum atomic E-state index is -0.884. The molecule has 1 aromatic carbocycles. The molecule has 0 spiro atoms. The lowest BCUT2D eigenvalue weighted by atomic mass is 10.1. The smallest absolute Gasteiger partial charge is 0.241 e. The summed E-state index contributed by atoms with van der Waals surface area (Å²) >= 11 is 0. The molecule has 1 aliphatic heterocycles. The normalized spacial score (nSPS) is 23.7. The van der Waals surface area contributed by atoms with Crippen molar-refractivity contribution in [2.75, 3.05) is 0 Å². The predicted octanol–water partition coefficient (Wildman–Crippen LogP) is 3.36. The maximum atomic E-state index is 13.5. The molecule has 1 aromatic rings. The van der Waals surface area contributed by atoms with E-state index in [9.17, 15) is 13.6 Å². The van der Waals surface area contributed by atoms with Crippen molar-refractivity contribution in [1.82, 2.24) is 10.2 Å². The second-order valence-electron chi connectivity index (χ2n) is 5.59. The quantitative estimate of drug-likeness (QED) is 0.903. The third kappa shape index (κ3) is 3.07. The van der Waals surface area contributed by atoms with E-state index in [-0.39, 0.29) is 24.2 Å². The molecule has 0 saturated carbocycles. The average molecular weight is 296 g/mol. The van der Waals surface area contributed by atoms with Gasteiger partial charge in [-0.3, -0.25) is 10.1 Å². The van der Waals surface area contributed by atoms with Crippen molar-refractivity contribution in [2.45, 2.75) is 58.3 Å². The Morgan fingerprint density at radius 3 is 2.57 bits per heavy atom. The van der Waals surface area contributed by atoms with Crippen molar-refractivity contribution in [3.05, 3.63) is 35.4 Å². The second-order valence-corrected chi connectivity index (χ2v) is 5.59. The van der Waals surface area contributed by atoms with Gasteiger partial charge >= 0.3 is 0 Å². The SMILES string of the molecule is CCCC1NC(c2ccc(F)c(F)c2)N(C(C)CC)C1=O. The van der Waals surface area contributed by atoms with Crippen molar-refractivity contribution in [3.63, 3.8) is 0 Å². The fraction of sp³-hybridized carbons (Fsp3) is 0.562. The fourth-order valence-electron chi connectivity index (χ4n) is 2.75. The Bertz CT molecular complexity index is 521. The topological polar surface area (TPSA) is 32.3 Å². The third-order valence-electron chi connectivity index (χ3n) is 4.09. The van der Waals surface area contributed by atoms with Gasteiger partial charge in [0, 0.05) is 6.04 Å². The molecule has 3 nitrogen and oxygen atoms in total. The van der Waals surface area contributed by atoms with Gasteiger partial charge in [0.15, 0.2) is 11.6 Å². The van der Waals surface area contributed by atoms with E-state index < -0.39 is 11.6 Å². The Morgan fingerprint density at radius 2 is 2.00 bits per heavy atom. The number of rotatable bonds is 5. The van der Waals surface area contributed by atoms with Gasteiger partial charge in [-0.15, -0.1) is 0 Å². The van der Waals surface area contributed by atoms with E-state index in [1.807, 2.05) is 20.8 Å². The van der Waals surface area contributed by atoms with E-state index in [2.05, 4.69) is 5.32 Å². The lowest BCUT2D eigenvalue weighted by Crippen LogP contribution is -2.38. The van der Waals surface area contributed by atoms with Crippen molar-refractivity contribution in [1.29, 1.82) is 0 Å². The van der Waals surface area contributed by atoms with Gasteiger partial charge in [-0.1, -0.05) is 26.3 Å². The molecule has 1 fully saturated rings. The number of hydrogen-bond donors (Lipinski definition) is 1. The molecule has 5 heteroatoms.